The summed E-state index contributed by atoms with van der Waals surface area (Å²) in [6, 6.07) is 9.34. The first kappa shape index (κ1) is 19.3. The Labute approximate surface area is 161 Å². The van der Waals surface area contributed by atoms with Gasteiger partial charge in [0.2, 0.25) is 5.91 Å². The molecule has 3 rings (SSSR count). The minimum atomic E-state index is -0.361. The average Bonchev–Trinajstić information content (AvgIpc) is 2.68. The lowest BCUT2D eigenvalue weighted by molar-refractivity contribution is -0.114. The molecular weight excluding hydrogens is 362 g/mol. The highest BCUT2D eigenvalue weighted by molar-refractivity contribution is 5.97. The van der Waals surface area contributed by atoms with Gasteiger partial charge in [-0.2, -0.15) is 5.10 Å². The van der Waals surface area contributed by atoms with Gasteiger partial charge in [-0.25, -0.2) is 5.10 Å². The van der Waals surface area contributed by atoms with Gasteiger partial charge >= 0.3 is 0 Å². The Bertz CT molecular complexity index is 927. The number of anilines is 1. The number of carbonyl (C=O) groups is 3. The van der Waals surface area contributed by atoms with Crippen LogP contribution in [0, 0.1) is 0 Å². The maximum atomic E-state index is 12.5. The van der Waals surface area contributed by atoms with Crippen LogP contribution >= 0.6 is 0 Å². The summed E-state index contributed by atoms with van der Waals surface area (Å²) in [6.07, 6.45) is 1.23. The standard InChI is InChI=1S/C19H21N5O4/c1-12(25)20-15-4-2-3-13(11-15)18(27)21-14-7-9-24(10-8-14)19(28)16-5-6-17(26)23-22-16/h2-6,11,14H,7-10H2,1H3,(H,20,25)(H,21,27)(H,23,26). The fourth-order valence-electron chi connectivity index (χ4n) is 3.06. The SMILES string of the molecule is CC(=O)Nc1cccc(C(=O)NC2CCN(C(=O)c3ccc(=O)[nH]n3)CC2)c1. The van der Waals surface area contributed by atoms with Crippen molar-refractivity contribution >= 4 is 23.4 Å². The number of carbonyl (C=O) groups excluding carboxylic acids is 3. The summed E-state index contributed by atoms with van der Waals surface area (Å²) in [6.45, 7) is 2.37. The molecule has 2 aromatic rings. The van der Waals surface area contributed by atoms with Gasteiger partial charge < -0.3 is 15.5 Å². The number of H-pyrrole nitrogens is 1. The quantitative estimate of drug-likeness (QED) is 0.719. The number of nitrogens with zero attached hydrogens (tertiary/aromatic N) is 2. The van der Waals surface area contributed by atoms with E-state index in [1.807, 2.05) is 0 Å². The van der Waals surface area contributed by atoms with Crippen LogP contribution in [0.1, 0.15) is 40.6 Å². The Kier molecular flexibility index (Phi) is 5.83. The second-order valence-electron chi connectivity index (χ2n) is 6.61. The largest absolute Gasteiger partial charge is 0.349 e. The molecule has 1 saturated heterocycles. The van der Waals surface area contributed by atoms with E-state index >= 15 is 0 Å². The van der Waals surface area contributed by atoms with Crippen LogP contribution in [0.4, 0.5) is 5.69 Å². The van der Waals surface area contributed by atoms with Gasteiger partial charge in [0.25, 0.3) is 17.4 Å². The van der Waals surface area contributed by atoms with Crippen molar-refractivity contribution in [1.82, 2.24) is 20.4 Å². The van der Waals surface area contributed by atoms with E-state index in [1.165, 1.54) is 19.1 Å². The van der Waals surface area contributed by atoms with Gasteiger partial charge in [-0.15, -0.1) is 0 Å². The number of amides is 3. The molecule has 9 heteroatoms. The van der Waals surface area contributed by atoms with E-state index in [0.29, 0.717) is 37.2 Å². The second-order valence-corrected chi connectivity index (χ2v) is 6.61. The van der Waals surface area contributed by atoms with Crippen LogP contribution in [-0.4, -0.2) is 52.0 Å². The summed E-state index contributed by atoms with van der Waals surface area (Å²) in [5, 5.41) is 11.6. The maximum Gasteiger partial charge on any atom is 0.274 e. The topological polar surface area (TPSA) is 124 Å². The molecule has 0 atom stereocenters. The third-order valence-corrected chi connectivity index (χ3v) is 4.46. The molecule has 0 saturated carbocycles. The number of hydrogen-bond acceptors (Lipinski definition) is 5. The lowest BCUT2D eigenvalue weighted by Crippen LogP contribution is -2.46. The molecule has 0 aliphatic carbocycles. The van der Waals surface area contributed by atoms with Gasteiger partial charge in [-0.3, -0.25) is 19.2 Å². The summed E-state index contributed by atoms with van der Waals surface area (Å²) >= 11 is 0. The fraction of sp³-hybridized carbons (Fsp3) is 0.316. The molecule has 0 unspecified atom stereocenters. The molecule has 0 spiro atoms. The van der Waals surface area contributed by atoms with Crippen LogP contribution in [0.3, 0.4) is 0 Å². The number of benzene rings is 1. The molecule has 3 N–H and O–H groups in total. The Hall–Kier alpha value is -3.49. The van der Waals surface area contributed by atoms with Gasteiger partial charge in [0.15, 0.2) is 0 Å². The Morgan fingerprint density at radius 2 is 1.89 bits per heavy atom. The molecule has 2 heterocycles. The zero-order chi connectivity index (χ0) is 20.1. The molecule has 1 fully saturated rings. The van der Waals surface area contributed by atoms with Crippen molar-refractivity contribution in [3.63, 3.8) is 0 Å². The fourth-order valence-corrected chi connectivity index (χ4v) is 3.06. The Morgan fingerprint density at radius 3 is 2.54 bits per heavy atom. The van der Waals surface area contributed by atoms with E-state index in [9.17, 15) is 19.2 Å². The monoisotopic (exact) mass is 383 g/mol. The second kappa shape index (κ2) is 8.47. The first-order chi connectivity index (χ1) is 13.4. The van der Waals surface area contributed by atoms with Crippen LogP contribution in [0.5, 0.6) is 0 Å². The molecule has 9 nitrogen and oxygen atoms in total. The van der Waals surface area contributed by atoms with Crippen molar-refractivity contribution in [2.24, 2.45) is 0 Å². The third kappa shape index (κ3) is 4.81. The number of aromatic nitrogens is 2. The van der Waals surface area contributed by atoms with Gasteiger partial charge in [-0.1, -0.05) is 6.07 Å². The summed E-state index contributed by atoms with van der Waals surface area (Å²) in [7, 11) is 0. The highest BCUT2D eigenvalue weighted by Crippen LogP contribution is 2.15. The Balaban J connectivity index is 1.54. The van der Waals surface area contributed by atoms with Gasteiger partial charge in [-0.05, 0) is 37.1 Å². The summed E-state index contributed by atoms with van der Waals surface area (Å²) in [5.41, 5.74) is 0.855. The van der Waals surface area contributed by atoms with Gasteiger partial charge in [0.1, 0.15) is 5.69 Å². The highest BCUT2D eigenvalue weighted by atomic mass is 16.2. The van der Waals surface area contributed by atoms with Crippen molar-refractivity contribution in [3.8, 4) is 0 Å². The molecule has 1 aliphatic heterocycles. The number of likely N-dealkylation sites (tertiary alicyclic amines) is 1. The number of piperidine rings is 1. The van der Waals surface area contributed by atoms with E-state index in [0.717, 1.165) is 0 Å². The number of aromatic amines is 1. The smallest absolute Gasteiger partial charge is 0.274 e. The molecule has 1 aromatic carbocycles. The predicted octanol–water partition coefficient (Wildman–Crippen LogP) is 0.763. The molecule has 1 aliphatic rings. The first-order valence-corrected chi connectivity index (χ1v) is 8.96. The zero-order valence-corrected chi connectivity index (χ0v) is 15.4. The average molecular weight is 383 g/mol. The van der Waals surface area contributed by atoms with E-state index in [1.54, 1.807) is 29.2 Å². The summed E-state index contributed by atoms with van der Waals surface area (Å²) in [5.74, 6) is -0.671. The molecule has 3 amide bonds. The predicted molar refractivity (Wildman–Crippen MR) is 102 cm³/mol. The normalized spacial score (nSPS) is 14.4. The number of hydrogen-bond donors (Lipinski definition) is 3. The van der Waals surface area contributed by atoms with Crippen molar-refractivity contribution < 1.29 is 14.4 Å². The Morgan fingerprint density at radius 1 is 1.14 bits per heavy atom. The lowest BCUT2D eigenvalue weighted by atomic mass is 10.0. The van der Waals surface area contributed by atoms with Crippen molar-refractivity contribution in [1.29, 1.82) is 0 Å². The van der Waals surface area contributed by atoms with Crippen molar-refractivity contribution in [3.05, 3.63) is 58.0 Å². The first-order valence-electron chi connectivity index (χ1n) is 8.96. The molecule has 28 heavy (non-hydrogen) atoms. The minimum Gasteiger partial charge on any atom is -0.349 e. The molecular formula is C19H21N5O4. The number of rotatable bonds is 4. The van der Waals surface area contributed by atoms with Crippen LogP contribution in [0.15, 0.2) is 41.2 Å². The molecule has 146 valence electrons. The maximum absolute atomic E-state index is 12.5. The van der Waals surface area contributed by atoms with E-state index in [4.69, 9.17) is 0 Å². The van der Waals surface area contributed by atoms with Crippen LogP contribution in [0.2, 0.25) is 0 Å². The minimum absolute atomic E-state index is 0.0514. The van der Waals surface area contributed by atoms with Crippen LogP contribution in [-0.2, 0) is 4.79 Å². The van der Waals surface area contributed by atoms with E-state index in [2.05, 4.69) is 20.8 Å². The van der Waals surface area contributed by atoms with Crippen molar-refractivity contribution in [2.45, 2.75) is 25.8 Å². The summed E-state index contributed by atoms with van der Waals surface area (Å²) in [4.78, 5) is 48.7. The highest BCUT2D eigenvalue weighted by Gasteiger charge is 2.25. The zero-order valence-electron chi connectivity index (χ0n) is 15.4. The van der Waals surface area contributed by atoms with Gasteiger partial charge in [0, 0.05) is 43.4 Å². The van der Waals surface area contributed by atoms with E-state index < -0.39 is 0 Å². The van der Waals surface area contributed by atoms with Gasteiger partial charge in [0.05, 0.1) is 0 Å². The van der Waals surface area contributed by atoms with Crippen LogP contribution in [0.25, 0.3) is 0 Å². The molecule has 0 radical (unpaired) electrons. The molecule has 1 aromatic heterocycles. The third-order valence-electron chi connectivity index (χ3n) is 4.46. The van der Waals surface area contributed by atoms with E-state index in [-0.39, 0.29) is 35.0 Å². The summed E-state index contributed by atoms with van der Waals surface area (Å²) < 4.78 is 0. The number of nitrogens with one attached hydrogen (secondary N) is 3. The molecule has 0 bridgehead atoms. The lowest BCUT2D eigenvalue weighted by Gasteiger charge is -2.32. The van der Waals surface area contributed by atoms with Crippen LogP contribution < -0.4 is 16.2 Å². The van der Waals surface area contributed by atoms with Crippen molar-refractivity contribution in [2.75, 3.05) is 18.4 Å².